The van der Waals surface area contributed by atoms with Crippen LogP contribution in [-0.2, 0) is 4.79 Å². The zero-order valence-electron chi connectivity index (χ0n) is 12.5. The maximum Gasteiger partial charge on any atom is 0.264 e. The molecule has 0 unspecified atom stereocenters. The van der Waals surface area contributed by atoms with E-state index < -0.39 is 0 Å². The predicted octanol–water partition coefficient (Wildman–Crippen LogP) is 3.96. The van der Waals surface area contributed by atoms with Gasteiger partial charge in [0.2, 0.25) is 0 Å². The Morgan fingerprint density at radius 1 is 1.23 bits per heavy atom. The van der Waals surface area contributed by atoms with Crippen LogP contribution in [0.15, 0.2) is 33.5 Å². The summed E-state index contributed by atoms with van der Waals surface area (Å²) in [5.41, 5.74) is 3.91. The summed E-state index contributed by atoms with van der Waals surface area (Å²) < 4.78 is 0. The number of aliphatic imine (C=N–C) groups is 1. The first kappa shape index (κ1) is 15.0. The minimum absolute atomic E-state index is 0.124. The van der Waals surface area contributed by atoms with Crippen LogP contribution in [0.2, 0.25) is 0 Å². The average molecular weight is 329 g/mol. The first-order valence-electron chi connectivity index (χ1n) is 6.81. The smallest absolute Gasteiger partial charge is 0.264 e. The van der Waals surface area contributed by atoms with Crippen LogP contribution in [0, 0.1) is 20.8 Å². The molecule has 0 atom stereocenters. The number of thiazole rings is 1. The summed E-state index contributed by atoms with van der Waals surface area (Å²) in [6, 6.07) is 6.04. The highest BCUT2D eigenvalue weighted by atomic mass is 32.2. The second-order valence-electron chi connectivity index (χ2n) is 5.01. The molecule has 2 aromatic rings. The van der Waals surface area contributed by atoms with Crippen LogP contribution in [0.25, 0.3) is 6.08 Å². The monoisotopic (exact) mass is 329 g/mol. The minimum atomic E-state index is -0.124. The van der Waals surface area contributed by atoms with Gasteiger partial charge >= 0.3 is 0 Å². The van der Waals surface area contributed by atoms with Crippen LogP contribution in [0.5, 0.6) is 0 Å². The molecule has 1 fully saturated rings. The van der Waals surface area contributed by atoms with Gasteiger partial charge in [0.05, 0.1) is 21.3 Å². The van der Waals surface area contributed by atoms with Gasteiger partial charge in [0.15, 0.2) is 5.17 Å². The lowest BCUT2D eigenvalue weighted by molar-refractivity contribution is -0.115. The van der Waals surface area contributed by atoms with Crippen molar-refractivity contribution in [3.05, 3.63) is 50.3 Å². The number of aromatic nitrogens is 1. The lowest BCUT2D eigenvalue weighted by Crippen LogP contribution is -2.19. The highest BCUT2D eigenvalue weighted by Gasteiger charge is 2.24. The maximum absolute atomic E-state index is 12.1. The van der Waals surface area contributed by atoms with Gasteiger partial charge in [-0.05, 0) is 49.7 Å². The van der Waals surface area contributed by atoms with E-state index in [1.54, 1.807) is 17.4 Å². The summed E-state index contributed by atoms with van der Waals surface area (Å²) in [5, 5.41) is 6.35. The summed E-state index contributed by atoms with van der Waals surface area (Å²) in [7, 11) is 0. The first-order valence-corrected chi connectivity index (χ1v) is 8.50. The van der Waals surface area contributed by atoms with E-state index in [9.17, 15) is 4.79 Å². The van der Waals surface area contributed by atoms with Crippen molar-refractivity contribution in [2.45, 2.75) is 20.8 Å². The number of carbonyl (C=O) groups excluding carboxylic acids is 1. The van der Waals surface area contributed by atoms with E-state index in [0.717, 1.165) is 27.5 Å². The fourth-order valence-corrected chi connectivity index (χ4v) is 3.53. The Hall–Kier alpha value is -1.92. The van der Waals surface area contributed by atoms with Crippen LogP contribution >= 0.6 is 23.1 Å². The highest BCUT2D eigenvalue weighted by Crippen LogP contribution is 2.30. The van der Waals surface area contributed by atoms with Gasteiger partial charge in [-0.3, -0.25) is 4.79 Å². The third kappa shape index (κ3) is 3.13. The Morgan fingerprint density at radius 3 is 2.59 bits per heavy atom. The molecule has 1 aromatic carbocycles. The molecular weight excluding hydrogens is 314 g/mol. The SMILES string of the molecule is Cc1nc(/C=C2\SC(=Nc3c(C)cccc3C)NC2=O)cs1. The summed E-state index contributed by atoms with van der Waals surface area (Å²) in [5.74, 6) is -0.124. The van der Waals surface area contributed by atoms with Crippen molar-refractivity contribution in [3.63, 3.8) is 0 Å². The van der Waals surface area contributed by atoms with Crippen LogP contribution in [-0.4, -0.2) is 16.1 Å². The molecule has 0 spiro atoms. The van der Waals surface area contributed by atoms with E-state index in [0.29, 0.717) is 10.1 Å². The maximum atomic E-state index is 12.1. The number of nitrogens with one attached hydrogen (secondary N) is 1. The van der Waals surface area contributed by atoms with Gasteiger partial charge in [-0.1, -0.05) is 18.2 Å². The number of benzene rings is 1. The molecule has 1 aliphatic heterocycles. The Morgan fingerprint density at radius 2 is 1.95 bits per heavy atom. The third-order valence-electron chi connectivity index (χ3n) is 3.22. The molecule has 0 saturated carbocycles. The predicted molar refractivity (Wildman–Crippen MR) is 93.6 cm³/mol. The number of nitrogens with zero attached hydrogens (tertiary/aromatic N) is 2. The van der Waals surface area contributed by atoms with Gasteiger partial charge in [-0.15, -0.1) is 11.3 Å². The van der Waals surface area contributed by atoms with Gasteiger partial charge < -0.3 is 5.32 Å². The van der Waals surface area contributed by atoms with Gasteiger partial charge in [0, 0.05) is 5.38 Å². The fourth-order valence-electron chi connectivity index (χ4n) is 2.14. The molecule has 22 heavy (non-hydrogen) atoms. The Bertz CT molecular complexity index is 785. The number of hydrogen-bond acceptors (Lipinski definition) is 5. The Labute approximate surface area is 137 Å². The standard InChI is InChI=1S/C16H15N3OS2/c1-9-5-4-6-10(2)14(9)18-16-19-15(20)13(22-16)7-12-8-21-11(3)17-12/h4-8H,1-3H3,(H,18,19,20)/b13-7-. The average Bonchev–Trinajstić information content (AvgIpc) is 3.01. The fraction of sp³-hybridized carbons (Fsp3) is 0.188. The van der Waals surface area contributed by atoms with Crippen molar-refractivity contribution in [3.8, 4) is 0 Å². The second-order valence-corrected chi connectivity index (χ2v) is 7.11. The topological polar surface area (TPSA) is 54.4 Å². The Balaban J connectivity index is 1.88. The number of hydrogen-bond donors (Lipinski definition) is 1. The van der Waals surface area contributed by atoms with E-state index >= 15 is 0 Å². The number of carbonyl (C=O) groups is 1. The van der Waals surface area contributed by atoms with Gasteiger partial charge in [0.1, 0.15) is 0 Å². The lowest BCUT2D eigenvalue weighted by Gasteiger charge is -2.04. The molecule has 0 aliphatic carbocycles. The number of rotatable bonds is 2. The highest BCUT2D eigenvalue weighted by molar-refractivity contribution is 8.18. The van der Waals surface area contributed by atoms with E-state index in [4.69, 9.17) is 0 Å². The normalized spacial score (nSPS) is 18.2. The Kier molecular flexibility index (Phi) is 4.13. The molecule has 3 rings (SSSR count). The van der Waals surface area contributed by atoms with Crippen molar-refractivity contribution in [2.24, 2.45) is 4.99 Å². The largest absolute Gasteiger partial charge is 0.300 e. The molecular formula is C16H15N3OS2. The molecule has 0 radical (unpaired) electrons. The number of aryl methyl sites for hydroxylation is 3. The first-order chi connectivity index (χ1) is 10.5. The number of thioether (sulfide) groups is 1. The molecule has 6 heteroatoms. The van der Waals surface area contributed by atoms with Crippen molar-refractivity contribution in [2.75, 3.05) is 0 Å². The summed E-state index contributed by atoms with van der Waals surface area (Å²) >= 11 is 2.92. The number of para-hydroxylation sites is 1. The lowest BCUT2D eigenvalue weighted by atomic mass is 10.1. The molecule has 1 aromatic heterocycles. The van der Waals surface area contributed by atoms with E-state index in [1.807, 2.05) is 44.4 Å². The zero-order chi connectivity index (χ0) is 15.7. The van der Waals surface area contributed by atoms with Crippen LogP contribution in [0.4, 0.5) is 5.69 Å². The molecule has 1 saturated heterocycles. The van der Waals surface area contributed by atoms with Crippen molar-refractivity contribution in [1.29, 1.82) is 0 Å². The van der Waals surface area contributed by atoms with Gasteiger partial charge in [-0.25, -0.2) is 9.98 Å². The molecule has 1 N–H and O–H groups in total. The molecule has 2 heterocycles. The number of amides is 1. The van der Waals surface area contributed by atoms with Gasteiger partial charge in [0.25, 0.3) is 5.91 Å². The van der Waals surface area contributed by atoms with Crippen LogP contribution < -0.4 is 5.32 Å². The summed E-state index contributed by atoms with van der Waals surface area (Å²) in [6.07, 6.45) is 1.80. The van der Waals surface area contributed by atoms with Crippen LogP contribution in [0.3, 0.4) is 0 Å². The molecule has 0 bridgehead atoms. The summed E-state index contributed by atoms with van der Waals surface area (Å²) in [4.78, 5) is 21.6. The number of amidine groups is 1. The molecule has 4 nitrogen and oxygen atoms in total. The molecule has 1 aliphatic rings. The third-order valence-corrected chi connectivity index (χ3v) is 4.92. The zero-order valence-corrected chi connectivity index (χ0v) is 14.1. The van der Waals surface area contributed by atoms with Crippen molar-refractivity contribution >= 4 is 45.9 Å². The van der Waals surface area contributed by atoms with Crippen molar-refractivity contribution < 1.29 is 4.79 Å². The van der Waals surface area contributed by atoms with E-state index in [2.05, 4.69) is 15.3 Å². The molecule has 112 valence electrons. The summed E-state index contributed by atoms with van der Waals surface area (Å²) in [6.45, 7) is 5.98. The molecule has 1 amide bonds. The van der Waals surface area contributed by atoms with E-state index in [-0.39, 0.29) is 5.91 Å². The minimum Gasteiger partial charge on any atom is -0.300 e. The van der Waals surface area contributed by atoms with E-state index in [1.165, 1.54) is 11.8 Å². The second kappa shape index (κ2) is 6.06. The van der Waals surface area contributed by atoms with Crippen LogP contribution in [0.1, 0.15) is 21.8 Å². The quantitative estimate of drug-likeness (QED) is 0.849. The van der Waals surface area contributed by atoms with Gasteiger partial charge in [-0.2, -0.15) is 0 Å². The van der Waals surface area contributed by atoms with Crippen molar-refractivity contribution in [1.82, 2.24) is 10.3 Å².